The van der Waals surface area contributed by atoms with Gasteiger partial charge >= 0.3 is 0 Å². The van der Waals surface area contributed by atoms with Crippen LogP contribution in [0.3, 0.4) is 0 Å². The van der Waals surface area contributed by atoms with Gasteiger partial charge in [-0.2, -0.15) is 0 Å². The van der Waals surface area contributed by atoms with Gasteiger partial charge in [-0.15, -0.1) is 11.3 Å². The van der Waals surface area contributed by atoms with Crippen molar-refractivity contribution in [1.82, 2.24) is 9.97 Å². The number of thioether (sulfide) groups is 1. The molecule has 0 bridgehead atoms. The molecular formula is C19H21N3OS2. The zero-order chi connectivity index (χ0) is 18.1. The lowest BCUT2D eigenvalue weighted by molar-refractivity contribution is -0.115. The van der Waals surface area contributed by atoms with Crippen LogP contribution in [0, 0.1) is 27.7 Å². The zero-order valence-corrected chi connectivity index (χ0v) is 16.6. The van der Waals surface area contributed by atoms with Gasteiger partial charge in [-0.1, -0.05) is 29.5 Å². The second-order valence-electron chi connectivity index (χ2n) is 6.21. The Hall–Kier alpha value is -1.92. The highest BCUT2D eigenvalue weighted by atomic mass is 32.2. The second-order valence-corrected chi connectivity index (χ2v) is 8.74. The SMILES string of the molecule is Cc1ccc(NC(=O)[C@H](C)Sc2ncnc3sc(C)c(C)c23)c(C)c1. The summed E-state index contributed by atoms with van der Waals surface area (Å²) in [6, 6.07) is 6.03. The zero-order valence-electron chi connectivity index (χ0n) is 15.0. The van der Waals surface area contributed by atoms with Crippen LogP contribution < -0.4 is 5.32 Å². The first kappa shape index (κ1) is 17.9. The number of nitrogens with zero attached hydrogens (tertiary/aromatic N) is 2. The third-order valence-corrected chi connectivity index (χ3v) is 6.44. The summed E-state index contributed by atoms with van der Waals surface area (Å²) in [5.74, 6) is -0.0201. The number of amides is 1. The van der Waals surface area contributed by atoms with E-state index in [1.807, 2.05) is 32.9 Å². The number of rotatable bonds is 4. The smallest absolute Gasteiger partial charge is 0.237 e. The maximum atomic E-state index is 12.6. The van der Waals surface area contributed by atoms with Gasteiger partial charge in [-0.25, -0.2) is 9.97 Å². The van der Waals surface area contributed by atoms with E-state index in [4.69, 9.17) is 0 Å². The van der Waals surface area contributed by atoms with E-state index in [0.29, 0.717) is 0 Å². The second kappa shape index (κ2) is 7.14. The number of nitrogens with one attached hydrogen (secondary N) is 1. The lowest BCUT2D eigenvalue weighted by Crippen LogP contribution is -2.23. The molecule has 130 valence electrons. The number of anilines is 1. The Balaban J connectivity index is 1.80. The maximum absolute atomic E-state index is 12.6. The molecule has 6 heteroatoms. The van der Waals surface area contributed by atoms with E-state index in [1.54, 1.807) is 17.7 Å². The van der Waals surface area contributed by atoms with Crippen molar-refractivity contribution in [3.05, 3.63) is 46.1 Å². The largest absolute Gasteiger partial charge is 0.325 e. The highest BCUT2D eigenvalue weighted by molar-refractivity contribution is 8.00. The Kier molecular flexibility index (Phi) is 5.11. The summed E-state index contributed by atoms with van der Waals surface area (Å²) in [6.45, 7) is 10.1. The van der Waals surface area contributed by atoms with Crippen LogP contribution in [-0.2, 0) is 4.79 Å². The molecule has 0 saturated heterocycles. The highest BCUT2D eigenvalue weighted by Crippen LogP contribution is 2.36. The minimum atomic E-state index is -0.251. The standard InChI is InChI=1S/C19H21N3OS2/c1-10-6-7-15(11(2)8-10)22-17(23)14(5)25-19-16-12(3)13(4)24-18(16)20-9-21-19/h6-9,14H,1-5H3,(H,22,23)/t14-/m0/s1. The minimum Gasteiger partial charge on any atom is -0.325 e. The number of carbonyl (C=O) groups is 1. The Morgan fingerprint density at radius 3 is 2.68 bits per heavy atom. The van der Waals surface area contributed by atoms with Gasteiger partial charge in [0.05, 0.1) is 5.25 Å². The van der Waals surface area contributed by atoms with Gasteiger partial charge in [-0.3, -0.25) is 4.79 Å². The molecule has 3 rings (SSSR count). The van der Waals surface area contributed by atoms with E-state index >= 15 is 0 Å². The average molecular weight is 372 g/mol. The van der Waals surface area contributed by atoms with Gasteiger partial charge in [0.25, 0.3) is 0 Å². The molecule has 1 atom stereocenters. The van der Waals surface area contributed by atoms with Gasteiger partial charge < -0.3 is 5.32 Å². The van der Waals surface area contributed by atoms with Crippen LogP contribution in [0.2, 0.25) is 0 Å². The third kappa shape index (κ3) is 3.70. The average Bonchev–Trinajstić information content (AvgIpc) is 2.85. The number of thiophene rings is 1. The highest BCUT2D eigenvalue weighted by Gasteiger charge is 2.19. The Labute approximate surface area is 156 Å². The van der Waals surface area contributed by atoms with Crippen molar-refractivity contribution in [2.45, 2.75) is 44.9 Å². The quantitative estimate of drug-likeness (QED) is 0.515. The molecule has 0 spiro atoms. The van der Waals surface area contributed by atoms with Gasteiger partial charge in [0.2, 0.25) is 5.91 Å². The Morgan fingerprint density at radius 1 is 1.20 bits per heavy atom. The van der Waals surface area contributed by atoms with Crippen LogP contribution >= 0.6 is 23.1 Å². The van der Waals surface area contributed by atoms with Gasteiger partial charge in [0, 0.05) is 16.0 Å². The van der Waals surface area contributed by atoms with Gasteiger partial charge in [0.1, 0.15) is 16.2 Å². The molecule has 0 saturated carbocycles. The van der Waals surface area contributed by atoms with Crippen molar-refractivity contribution in [1.29, 1.82) is 0 Å². The minimum absolute atomic E-state index is 0.0201. The topological polar surface area (TPSA) is 54.9 Å². The van der Waals surface area contributed by atoms with Crippen LogP contribution in [-0.4, -0.2) is 21.1 Å². The molecule has 0 radical (unpaired) electrons. The summed E-state index contributed by atoms with van der Waals surface area (Å²) in [5.41, 5.74) is 4.31. The normalized spacial score (nSPS) is 12.4. The van der Waals surface area contributed by atoms with Crippen LogP contribution in [0.1, 0.15) is 28.5 Å². The van der Waals surface area contributed by atoms with Crippen molar-refractivity contribution in [3.8, 4) is 0 Å². The van der Waals surface area contributed by atoms with E-state index in [9.17, 15) is 4.79 Å². The number of benzene rings is 1. The number of hydrogen-bond donors (Lipinski definition) is 1. The van der Waals surface area contributed by atoms with Crippen molar-refractivity contribution in [3.63, 3.8) is 0 Å². The van der Waals surface area contributed by atoms with E-state index in [1.165, 1.54) is 27.8 Å². The van der Waals surface area contributed by atoms with E-state index in [2.05, 4.69) is 35.2 Å². The fraction of sp³-hybridized carbons (Fsp3) is 0.316. The molecule has 25 heavy (non-hydrogen) atoms. The molecule has 4 nitrogen and oxygen atoms in total. The molecule has 0 fully saturated rings. The first-order valence-corrected chi connectivity index (χ1v) is 9.82. The molecule has 1 N–H and O–H groups in total. The number of fused-ring (bicyclic) bond motifs is 1. The summed E-state index contributed by atoms with van der Waals surface area (Å²) in [6.07, 6.45) is 1.58. The molecule has 0 aliphatic rings. The maximum Gasteiger partial charge on any atom is 0.237 e. The van der Waals surface area contributed by atoms with Gasteiger partial charge in [0.15, 0.2) is 0 Å². The van der Waals surface area contributed by atoms with Crippen molar-refractivity contribution < 1.29 is 4.79 Å². The summed E-state index contributed by atoms with van der Waals surface area (Å²) in [7, 11) is 0. The lowest BCUT2D eigenvalue weighted by Gasteiger charge is -2.14. The van der Waals surface area contributed by atoms with Crippen molar-refractivity contribution in [2.24, 2.45) is 0 Å². The predicted octanol–water partition coefficient (Wildman–Crippen LogP) is 5.04. The van der Waals surface area contributed by atoms with E-state index in [-0.39, 0.29) is 11.2 Å². The van der Waals surface area contributed by atoms with Crippen LogP contribution in [0.15, 0.2) is 29.6 Å². The molecule has 1 amide bonds. The van der Waals surface area contributed by atoms with Gasteiger partial charge in [-0.05, 0) is 51.8 Å². The van der Waals surface area contributed by atoms with E-state index in [0.717, 1.165) is 26.5 Å². The molecule has 2 aromatic heterocycles. The number of hydrogen-bond acceptors (Lipinski definition) is 5. The third-order valence-electron chi connectivity index (χ3n) is 4.23. The monoisotopic (exact) mass is 371 g/mol. The number of carbonyl (C=O) groups excluding carboxylic acids is 1. The Morgan fingerprint density at radius 2 is 1.96 bits per heavy atom. The van der Waals surface area contributed by atoms with Crippen molar-refractivity contribution >= 4 is 44.9 Å². The first-order chi connectivity index (χ1) is 11.9. The van der Waals surface area contributed by atoms with E-state index < -0.39 is 0 Å². The first-order valence-electron chi connectivity index (χ1n) is 8.12. The molecule has 1 aromatic carbocycles. The van der Waals surface area contributed by atoms with Crippen LogP contribution in [0.25, 0.3) is 10.2 Å². The lowest BCUT2D eigenvalue weighted by atomic mass is 10.1. The molecule has 0 unspecified atom stereocenters. The summed E-state index contributed by atoms with van der Waals surface area (Å²) in [5, 5.41) is 4.71. The molecular weight excluding hydrogens is 350 g/mol. The predicted molar refractivity (Wildman–Crippen MR) is 107 cm³/mol. The molecule has 2 heterocycles. The molecule has 3 aromatic rings. The number of aryl methyl sites for hydroxylation is 4. The number of aromatic nitrogens is 2. The summed E-state index contributed by atoms with van der Waals surface area (Å²) in [4.78, 5) is 23.6. The van der Waals surface area contributed by atoms with Crippen LogP contribution in [0.4, 0.5) is 5.69 Å². The van der Waals surface area contributed by atoms with Crippen LogP contribution in [0.5, 0.6) is 0 Å². The Bertz CT molecular complexity index is 949. The van der Waals surface area contributed by atoms with Crippen molar-refractivity contribution in [2.75, 3.05) is 5.32 Å². The fourth-order valence-electron chi connectivity index (χ4n) is 2.65. The summed E-state index contributed by atoms with van der Waals surface area (Å²) >= 11 is 3.15. The fourth-order valence-corrected chi connectivity index (χ4v) is 4.69. The molecule has 0 aliphatic carbocycles. The summed E-state index contributed by atoms with van der Waals surface area (Å²) < 4.78 is 0. The molecule has 0 aliphatic heterocycles.